The van der Waals surface area contributed by atoms with E-state index >= 15 is 0 Å². The van der Waals surface area contributed by atoms with E-state index in [1.807, 2.05) is 11.9 Å². The van der Waals surface area contributed by atoms with Gasteiger partial charge in [-0.3, -0.25) is 4.79 Å². The van der Waals surface area contributed by atoms with Crippen LogP contribution in [0.1, 0.15) is 33.2 Å². The molecule has 1 amide bonds. The van der Waals surface area contributed by atoms with E-state index in [4.69, 9.17) is 0 Å². The largest absolute Gasteiger partial charge is 0.337 e. The Labute approximate surface area is 165 Å². The highest BCUT2D eigenvalue weighted by molar-refractivity contribution is 7.10. The van der Waals surface area contributed by atoms with E-state index < -0.39 is 0 Å². The predicted octanol–water partition coefficient (Wildman–Crippen LogP) is 3.68. The molecule has 0 aliphatic carbocycles. The average molecular weight is 380 g/mol. The Kier molecular flexibility index (Phi) is 6.43. The summed E-state index contributed by atoms with van der Waals surface area (Å²) in [6.45, 7) is 5.24. The van der Waals surface area contributed by atoms with Gasteiger partial charge in [0.05, 0.1) is 4.88 Å². The van der Waals surface area contributed by atoms with Crippen molar-refractivity contribution >= 4 is 17.2 Å². The number of hydrogen-bond donors (Lipinski definition) is 1. The SMILES string of the molecule is Cc1ccc(CN(C)C(=O)C[NH2+][C@H](c2ccc(C)cc2)c2cccs2)cc1. The summed E-state index contributed by atoms with van der Waals surface area (Å²) in [5.74, 6) is 0.143. The van der Waals surface area contributed by atoms with Crippen molar-refractivity contribution in [3.8, 4) is 0 Å². The van der Waals surface area contributed by atoms with E-state index in [0.717, 1.165) is 5.56 Å². The number of quaternary nitrogens is 1. The fourth-order valence-electron chi connectivity index (χ4n) is 3.09. The normalized spacial score (nSPS) is 12.0. The topological polar surface area (TPSA) is 36.9 Å². The van der Waals surface area contributed by atoms with Crippen LogP contribution in [-0.4, -0.2) is 24.4 Å². The number of aryl methyl sites for hydroxylation is 2. The van der Waals surface area contributed by atoms with Gasteiger partial charge in [0.2, 0.25) is 0 Å². The Hall–Kier alpha value is -2.43. The number of nitrogens with zero attached hydrogens (tertiary/aromatic N) is 1. The van der Waals surface area contributed by atoms with Gasteiger partial charge in [0, 0.05) is 19.2 Å². The van der Waals surface area contributed by atoms with Crippen molar-refractivity contribution in [2.45, 2.75) is 26.4 Å². The molecule has 0 radical (unpaired) electrons. The highest BCUT2D eigenvalue weighted by atomic mass is 32.1. The molecule has 0 aliphatic heterocycles. The summed E-state index contributed by atoms with van der Waals surface area (Å²) in [6, 6.07) is 21.3. The van der Waals surface area contributed by atoms with E-state index in [2.05, 4.69) is 85.2 Å². The zero-order chi connectivity index (χ0) is 19.2. The van der Waals surface area contributed by atoms with E-state index in [1.54, 1.807) is 11.3 Å². The van der Waals surface area contributed by atoms with Gasteiger partial charge in [-0.05, 0) is 30.9 Å². The molecular weight excluding hydrogens is 352 g/mol. The van der Waals surface area contributed by atoms with Gasteiger partial charge in [0.1, 0.15) is 6.04 Å². The summed E-state index contributed by atoms with van der Waals surface area (Å²) >= 11 is 1.74. The van der Waals surface area contributed by atoms with Gasteiger partial charge in [-0.15, -0.1) is 11.3 Å². The molecule has 3 rings (SSSR count). The van der Waals surface area contributed by atoms with Gasteiger partial charge in [-0.2, -0.15) is 0 Å². The highest BCUT2D eigenvalue weighted by Gasteiger charge is 2.21. The fraction of sp³-hybridized carbons (Fsp3) is 0.261. The summed E-state index contributed by atoms with van der Waals surface area (Å²) in [5.41, 5.74) is 4.87. The third kappa shape index (κ3) is 5.28. The molecule has 1 atom stereocenters. The molecule has 4 heteroatoms. The minimum atomic E-state index is 0.143. The average Bonchev–Trinajstić information content (AvgIpc) is 3.19. The van der Waals surface area contributed by atoms with Crippen LogP contribution in [0.3, 0.4) is 0 Å². The number of amides is 1. The Morgan fingerprint density at radius 2 is 1.63 bits per heavy atom. The third-order valence-electron chi connectivity index (χ3n) is 4.78. The maximum absolute atomic E-state index is 12.7. The van der Waals surface area contributed by atoms with Crippen molar-refractivity contribution in [1.29, 1.82) is 0 Å². The Morgan fingerprint density at radius 3 is 2.22 bits per heavy atom. The van der Waals surface area contributed by atoms with Gasteiger partial charge in [-0.1, -0.05) is 65.7 Å². The second kappa shape index (κ2) is 8.98. The molecule has 1 heterocycles. The number of nitrogens with two attached hydrogens (primary N) is 1. The third-order valence-corrected chi connectivity index (χ3v) is 5.74. The molecule has 0 fully saturated rings. The highest BCUT2D eigenvalue weighted by Crippen LogP contribution is 2.23. The molecule has 0 spiro atoms. The standard InChI is InChI=1S/C23H26N2OS/c1-17-6-10-19(11-7-17)16-25(3)22(26)15-24-23(21-5-4-14-27-21)20-12-8-18(2)9-13-20/h4-14,23-24H,15-16H2,1-3H3/p+1/t23-/m1/s1. The maximum atomic E-state index is 12.7. The van der Waals surface area contributed by atoms with Crippen LogP contribution in [0, 0.1) is 13.8 Å². The van der Waals surface area contributed by atoms with Crippen LogP contribution in [-0.2, 0) is 11.3 Å². The molecule has 3 aromatic rings. The summed E-state index contributed by atoms with van der Waals surface area (Å²) in [4.78, 5) is 15.8. The Balaban J connectivity index is 1.65. The fourth-order valence-corrected chi connectivity index (χ4v) is 3.94. The number of rotatable bonds is 7. The van der Waals surface area contributed by atoms with Crippen molar-refractivity contribution in [2.75, 3.05) is 13.6 Å². The summed E-state index contributed by atoms with van der Waals surface area (Å²) < 4.78 is 0. The summed E-state index contributed by atoms with van der Waals surface area (Å²) in [7, 11) is 1.88. The number of carbonyl (C=O) groups is 1. The van der Waals surface area contributed by atoms with Crippen LogP contribution < -0.4 is 5.32 Å². The molecule has 2 aromatic carbocycles. The number of carbonyl (C=O) groups excluding carboxylic acids is 1. The van der Waals surface area contributed by atoms with Crippen LogP contribution in [0.5, 0.6) is 0 Å². The van der Waals surface area contributed by atoms with E-state index in [0.29, 0.717) is 13.1 Å². The van der Waals surface area contributed by atoms with Crippen LogP contribution in [0.2, 0.25) is 0 Å². The Bertz CT molecular complexity index is 854. The van der Waals surface area contributed by atoms with Crippen molar-refractivity contribution < 1.29 is 10.1 Å². The molecule has 0 bridgehead atoms. The van der Waals surface area contributed by atoms with Gasteiger partial charge < -0.3 is 10.2 Å². The minimum absolute atomic E-state index is 0.143. The predicted molar refractivity (Wildman–Crippen MR) is 112 cm³/mol. The zero-order valence-corrected chi connectivity index (χ0v) is 17.0. The first-order valence-electron chi connectivity index (χ1n) is 9.26. The van der Waals surface area contributed by atoms with Crippen LogP contribution >= 0.6 is 11.3 Å². The lowest BCUT2D eigenvalue weighted by atomic mass is 10.0. The second-order valence-electron chi connectivity index (χ2n) is 7.08. The van der Waals surface area contributed by atoms with Crippen molar-refractivity contribution in [3.63, 3.8) is 0 Å². The smallest absolute Gasteiger partial charge is 0.277 e. The lowest BCUT2D eigenvalue weighted by molar-refractivity contribution is -0.676. The summed E-state index contributed by atoms with van der Waals surface area (Å²) in [6.07, 6.45) is 0. The number of hydrogen-bond acceptors (Lipinski definition) is 2. The van der Waals surface area contributed by atoms with Gasteiger partial charge in [0.15, 0.2) is 6.54 Å². The lowest BCUT2D eigenvalue weighted by Gasteiger charge is -2.19. The van der Waals surface area contributed by atoms with Crippen LogP contribution in [0.15, 0.2) is 66.0 Å². The monoisotopic (exact) mass is 379 g/mol. The Morgan fingerprint density at radius 1 is 1.00 bits per heavy atom. The van der Waals surface area contributed by atoms with Gasteiger partial charge >= 0.3 is 0 Å². The molecular formula is C23H27N2OS+. The molecule has 27 heavy (non-hydrogen) atoms. The number of thiophene rings is 1. The first-order valence-corrected chi connectivity index (χ1v) is 10.1. The van der Waals surface area contributed by atoms with Gasteiger partial charge in [0.25, 0.3) is 5.91 Å². The summed E-state index contributed by atoms with van der Waals surface area (Å²) in [5, 5.41) is 4.24. The van der Waals surface area contributed by atoms with Gasteiger partial charge in [-0.25, -0.2) is 0 Å². The van der Waals surface area contributed by atoms with E-state index in [1.165, 1.54) is 21.6 Å². The van der Waals surface area contributed by atoms with Crippen molar-refractivity contribution in [2.24, 2.45) is 0 Å². The molecule has 0 saturated carbocycles. The first kappa shape index (κ1) is 19.3. The number of likely N-dealkylation sites (N-methyl/N-ethyl adjacent to an activating group) is 1. The molecule has 1 aromatic heterocycles. The second-order valence-corrected chi connectivity index (χ2v) is 8.06. The minimum Gasteiger partial charge on any atom is -0.337 e. The number of benzene rings is 2. The van der Waals surface area contributed by atoms with Crippen LogP contribution in [0.25, 0.3) is 0 Å². The quantitative estimate of drug-likeness (QED) is 0.668. The maximum Gasteiger partial charge on any atom is 0.277 e. The molecule has 3 nitrogen and oxygen atoms in total. The molecule has 2 N–H and O–H groups in total. The van der Waals surface area contributed by atoms with E-state index in [-0.39, 0.29) is 11.9 Å². The zero-order valence-electron chi connectivity index (χ0n) is 16.2. The molecule has 0 aliphatic rings. The van der Waals surface area contributed by atoms with Crippen molar-refractivity contribution in [3.05, 3.63) is 93.2 Å². The molecule has 140 valence electrons. The molecule has 0 saturated heterocycles. The lowest BCUT2D eigenvalue weighted by Crippen LogP contribution is -2.87. The van der Waals surface area contributed by atoms with Crippen LogP contribution in [0.4, 0.5) is 0 Å². The van der Waals surface area contributed by atoms with E-state index in [9.17, 15) is 4.79 Å². The first-order chi connectivity index (χ1) is 13.0. The molecule has 0 unspecified atom stereocenters. The van der Waals surface area contributed by atoms with Crippen molar-refractivity contribution in [1.82, 2.24) is 4.90 Å².